The van der Waals surface area contributed by atoms with Crippen LogP contribution >= 0.6 is 0 Å². The van der Waals surface area contributed by atoms with Crippen LogP contribution in [0.25, 0.3) is 0 Å². The van der Waals surface area contributed by atoms with Gasteiger partial charge in [0.25, 0.3) is 0 Å². The number of β-amino-alcohol motifs (C(OH)–C–C–N with tert-alkyl or cyclic N) is 1. The van der Waals surface area contributed by atoms with Crippen LogP contribution in [0.15, 0.2) is 0 Å². The molecule has 0 aliphatic carbocycles. The Kier molecular flexibility index (Phi) is 8.65. The van der Waals surface area contributed by atoms with Gasteiger partial charge in [-0.05, 0) is 27.8 Å². The molecule has 0 saturated carbocycles. The van der Waals surface area contributed by atoms with Gasteiger partial charge >= 0.3 is 18.0 Å². The van der Waals surface area contributed by atoms with Crippen LogP contribution in [-0.2, 0) is 14.3 Å². The number of hydrogen-bond acceptors (Lipinski definition) is 7. The highest BCUT2D eigenvalue weighted by Crippen LogP contribution is 2.15. The van der Waals surface area contributed by atoms with Crippen molar-refractivity contribution in [2.45, 2.75) is 51.0 Å². The molecule has 0 aromatic heterocycles. The van der Waals surface area contributed by atoms with E-state index in [2.05, 4.69) is 5.32 Å². The third-order valence-electron chi connectivity index (χ3n) is 2.96. The number of carbonyl (C=O) groups excluding carboxylic acids is 1. The Morgan fingerprint density at radius 2 is 1.79 bits per heavy atom. The van der Waals surface area contributed by atoms with Gasteiger partial charge in [-0.3, -0.25) is 4.79 Å². The number of carboxylic acids is 2. The Labute approximate surface area is 140 Å². The van der Waals surface area contributed by atoms with Crippen LogP contribution < -0.4 is 5.32 Å². The molecule has 1 aliphatic rings. The monoisotopic (exact) mass is 350 g/mol. The Morgan fingerprint density at radius 1 is 1.25 bits per heavy atom. The maximum atomic E-state index is 11.6. The van der Waals surface area contributed by atoms with Crippen LogP contribution in [0.2, 0.25) is 0 Å². The lowest BCUT2D eigenvalue weighted by Gasteiger charge is -2.24. The third kappa shape index (κ3) is 8.65. The first-order valence-corrected chi connectivity index (χ1v) is 7.33. The summed E-state index contributed by atoms with van der Waals surface area (Å²) >= 11 is 0. The fourth-order valence-corrected chi connectivity index (χ4v) is 1.80. The summed E-state index contributed by atoms with van der Waals surface area (Å²) in [5, 5.41) is 36.7. The highest BCUT2D eigenvalue weighted by Gasteiger charge is 2.35. The Hall–Kier alpha value is -1.91. The Morgan fingerprint density at radius 3 is 2.08 bits per heavy atom. The number of aliphatic hydroxyl groups is 2. The van der Waals surface area contributed by atoms with E-state index in [9.17, 15) is 19.5 Å². The number of aliphatic hydroxyl groups excluding tert-OH is 2. The minimum absolute atomic E-state index is 0.0579. The van der Waals surface area contributed by atoms with Crippen molar-refractivity contribution in [3.8, 4) is 0 Å². The lowest BCUT2D eigenvalue weighted by molar-refractivity contribution is -0.152. The van der Waals surface area contributed by atoms with Crippen molar-refractivity contribution in [1.29, 1.82) is 0 Å². The number of likely N-dealkylation sites (tertiary alicyclic amines) is 1. The van der Waals surface area contributed by atoms with E-state index in [1.807, 2.05) is 20.8 Å². The molecule has 0 aromatic carbocycles. The lowest BCUT2D eigenvalue weighted by Crippen LogP contribution is -2.38. The van der Waals surface area contributed by atoms with Gasteiger partial charge in [0.05, 0.1) is 25.1 Å². The largest absolute Gasteiger partial charge is 0.481 e. The van der Waals surface area contributed by atoms with E-state index in [-0.39, 0.29) is 12.1 Å². The second kappa shape index (κ2) is 9.40. The van der Waals surface area contributed by atoms with Crippen molar-refractivity contribution in [2.24, 2.45) is 0 Å². The van der Waals surface area contributed by atoms with Crippen molar-refractivity contribution in [3.63, 3.8) is 0 Å². The molecule has 0 radical (unpaired) electrons. The van der Waals surface area contributed by atoms with E-state index in [0.717, 1.165) is 0 Å². The lowest BCUT2D eigenvalue weighted by atomic mass is 10.2. The second-order valence-electron chi connectivity index (χ2n) is 6.30. The van der Waals surface area contributed by atoms with Crippen LogP contribution in [0.5, 0.6) is 0 Å². The predicted octanol–water partition coefficient (Wildman–Crippen LogP) is -0.907. The molecule has 1 rings (SSSR count). The molecule has 140 valence electrons. The van der Waals surface area contributed by atoms with Gasteiger partial charge in [0.2, 0.25) is 0 Å². The molecule has 10 nitrogen and oxygen atoms in total. The number of likely N-dealkylation sites (N-methyl/N-ethyl adjacent to an activating group) is 1. The van der Waals surface area contributed by atoms with Crippen molar-refractivity contribution >= 4 is 18.0 Å². The minimum atomic E-state index is -1.79. The summed E-state index contributed by atoms with van der Waals surface area (Å²) in [5.74, 6) is -2.85. The molecule has 1 saturated heterocycles. The second-order valence-corrected chi connectivity index (χ2v) is 6.30. The summed E-state index contributed by atoms with van der Waals surface area (Å²) in [6, 6.07) is -0.0579. The third-order valence-corrected chi connectivity index (χ3v) is 2.96. The molecule has 1 aliphatic heterocycles. The molecule has 0 unspecified atom stereocenters. The first-order chi connectivity index (χ1) is 10.9. The number of carboxylic acid groups (broad SMARTS) is 2. The molecule has 0 aromatic rings. The topological polar surface area (TPSA) is 157 Å². The van der Waals surface area contributed by atoms with Gasteiger partial charge in [0.1, 0.15) is 5.60 Å². The molecule has 5 N–H and O–H groups in total. The summed E-state index contributed by atoms with van der Waals surface area (Å²) in [5.41, 5.74) is -0.486. The van der Waals surface area contributed by atoms with Crippen LogP contribution in [-0.4, -0.2) is 87.3 Å². The molecule has 1 amide bonds. The molecule has 1 fully saturated rings. The average Bonchev–Trinajstić information content (AvgIpc) is 2.78. The van der Waals surface area contributed by atoms with Crippen LogP contribution in [0.4, 0.5) is 4.79 Å². The minimum Gasteiger partial charge on any atom is -0.481 e. The normalized spacial score (nSPS) is 21.5. The van der Waals surface area contributed by atoms with Gasteiger partial charge < -0.3 is 35.4 Å². The molecular weight excluding hydrogens is 324 g/mol. The maximum Gasteiger partial charge on any atom is 0.410 e. The van der Waals surface area contributed by atoms with E-state index in [0.29, 0.717) is 13.1 Å². The smallest absolute Gasteiger partial charge is 0.410 e. The summed E-state index contributed by atoms with van der Waals surface area (Å²) in [6.07, 6.45) is -3.42. The first-order valence-electron chi connectivity index (χ1n) is 7.33. The zero-order valence-electron chi connectivity index (χ0n) is 14.2. The highest BCUT2D eigenvalue weighted by atomic mass is 16.6. The van der Waals surface area contributed by atoms with Crippen molar-refractivity contribution in [3.05, 3.63) is 0 Å². The number of nitrogens with zero attached hydrogens (tertiary/aromatic N) is 1. The van der Waals surface area contributed by atoms with Crippen molar-refractivity contribution in [1.82, 2.24) is 10.2 Å². The average molecular weight is 350 g/mol. The number of carbonyl (C=O) groups is 3. The molecule has 0 spiro atoms. The number of nitrogens with one attached hydrogen (secondary N) is 1. The molecule has 24 heavy (non-hydrogen) atoms. The van der Waals surface area contributed by atoms with E-state index < -0.39 is 36.2 Å². The van der Waals surface area contributed by atoms with E-state index in [4.69, 9.17) is 20.1 Å². The summed E-state index contributed by atoms with van der Waals surface area (Å²) in [6.45, 7) is 6.31. The quantitative estimate of drug-likeness (QED) is 0.433. The fourth-order valence-electron chi connectivity index (χ4n) is 1.80. The molecule has 3 atom stereocenters. The fraction of sp³-hybridized carbons (Fsp3) is 0.786. The van der Waals surface area contributed by atoms with Crippen molar-refractivity contribution < 1.29 is 39.5 Å². The first kappa shape index (κ1) is 22.1. The van der Waals surface area contributed by atoms with E-state index in [1.54, 1.807) is 7.05 Å². The van der Waals surface area contributed by atoms with E-state index >= 15 is 0 Å². The predicted molar refractivity (Wildman–Crippen MR) is 82.6 cm³/mol. The van der Waals surface area contributed by atoms with Crippen LogP contribution in [0.1, 0.15) is 27.2 Å². The van der Waals surface area contributed by atoms with E-state index in [1.165, 1.54) is 4.90 Å². The summed E-state index contributed by atoms with van der Waals surface area (Å²) in [4.78, 5) is 32.6. The highest BCUT2D eigenvalue weighted by molar-refractivity contribution is 5.79. The number of aliphatic carboxylic acids is 2. The van der Waals surface area contributed by atoms with Crippen LogP contribution in [0.3, 0.4) is 0 Å². The maximum absolute atomic E-state index is 11.6. The zero-order chi connectivity index (χ0) is 19.1. The van der Waals surface area contributed by atoms with Crippen LogP contribution in [0, 0.1) is 0 Å². The number of hydrogen-bond donors (Lipinski definition) is 5. The Bertz CT molecular complexity index is 449. The summed E-state index contributed by atoms with van der Waals surface area (Å²) < 4.78 is 5.21. The molecule has 10 heteroatoms. The summed E-state index contributed by atoms with van der Waals surface area (Å²) in [7, 11) is 1.77. The van der Waals surface area contributed by atoms with Gasteiger partial charge in [0.15, 0.2) is 6.10 Å². The number of amides is 1. The Balaban J connectivity index is 0.000000506. The number of rotatable bonds is 4. The molecular formula is C14H26N2O8. The standard InChI is InChI=1S/C10H20N2O3.C4H6O5/c1-10(2,3)15-9(14)12-5-7(11-4)8(13)6-12;5-2(4(8)9)1-3(6)7/h7-8,11,13H,5-6H2,1-4H3;2,5H,1H2,(H,6,7)(H,8,9)/t7-,8-;2-/m00/s1. The molecule has 0 bridgehead atoms. The SMILES string of the molecule is CN[C@H]1CN(C(=O)OC(C)(C)C)C[C@@H]1O.O=C(O)C[C@H](O)C(=O)O. The van der Waals surface area contributed by atoms with Gasteiger partial charge in [-0.2, -0.15) is 0 Å². The van der Waals surface area contributed by atoms with Gasteiger partial charge in [0, 0.05) is 6.54 Å². The van der Waals surface area contributed by atoms with Gasteiger partial charge in [-0.15, -0.1) is 0 Å². The van der Waals surface area contributed by atoms with Gasteiger partial charge in [-0.1, -0.05) is 0 Å². The zero-order valence-corrected chi connectivity index (χ0v) is 14.2. The number of ether oxygens (including phenoxy) is 1. The van der Waals surface area contributed by atoms with Crippen molar-refractivity contribution in [2.75, 3.05) is 20.1 Å². The van der Waals surface area contributed by atoms with Gasteiger partial charge in [-0.25, -0.2) is 9.59 Å². The molecule has 1 heterocycles.